The third-order valence-corrected chi connectivity index (χ3v) is 11.5. The Bertz CT molecular complexity index is 928. The molecular formula is C37H58O3. The van der Waals surface area contributed by atoms with Crippen molar-refractivity contribution in [2.24, 2.45) is 28.6 Å². The van der Waals surface area contributed by atoms with Gasteiger partial charge in [0.05, 0.1) is 0 Å². The number of carbonyl (C=O) groups excluding carboxylic acids is 2. The van der Waals surface area contributed by atoms with Crippen molar-refractivity contribution < 1.29 is 14.3 Å². The Kier molecular flexibility index (Phi) is 11.7. The molecule has 0 unspecified atom stereocenters. The highest BCUT2D eigenvalue weighted by atomic mass is 16.5. The Hall–Kier alpha value is -1.64. The normalized spacial score (nSPS) is 33.6. The second-order valence-corrected chi connectivity index (χ2v) is 14.0. The van der Waals surface area contributed by atoms with Gasteiger partial charge in [-0.3, -0.25) is 9.59 Å². The number of unbranched alkanes of at least 4 members (excludes halogenated alkanes) is 8. The fraction of sp³-hybridized carbons (Fsp3) is 0.784. The number of fused-ring (bicyclic) bond motifs is 5. The van der Waals surface area contributed by atoms with Crippen LogP contribution in [0.15, 0.2) is 36.0 Å². The molecule has 0 aromatic rings. The number of ether oxygens (including phenoxy) is 1. The molecule has 0 amide bonds. The Morgan fingerprint density at radius 3 is 2.35 bits per heavy atom. The monoisotopic (exact) mass is 550 g/mol. The Balaban J connectivity index is 1.10. The molecule has 3 fully saturated rings. The van der Waals surface area contributed by atoms with E-state index in [2.05, 4.69) is 45.1 Å². The standard InChI is InChI=1S/C37H58O3/c1-4-5-6-7-8-9-10-11-12-13-14-15-16-17-18-19-35(39)40-34-23-22-32-31-21-20-29-28-30(38)24-26-36(29,2)33(31)25-27-37(32,34)3/h8-9,11-12,28,31-34H,4-7,10,13-27H2,1-3H3/b9-8-,12-11-/t31-,32-,33-,34-,36-,37-/m0/s1. The van der Waals surface area contributed by atoms with E-state index in [-0.39, 0.29) is 22.9 Å². The summed E-state index contributed by atoms with van der Waals surface area (Å²) in [5.41, 5.74) is 1.79. The maximum Gasteiger partial charge on any atom is 0.306 e. The van der Waals surface area contributed by atoms with E-state index < -0.39 is 0 Å². The van der Waals surface area contributed by atoms with Crippen LogP contribution >= 0.6 is 0 Å². The number of allylic oxidation sites excluding steroid dienone is 5. The molecule has 0 bridgehead atoms. The molecule has 4 aliphatic rings. The van der Waals surface area contributed by atoms with Gasteiger partial charge in [-0.1, -0.05) is 82.8 Å². The van der Waals surface area contributed by atoms with E-state index in [1.807, 2.05) is 6.08 Å². The SMILES string of the molecule is CCCCC/C=C\C/C=C\CCCCCCCC(=O)O[C@H]1CC[C@H]2[C@@H]3CCC4=CC(=O)CC[C@]4(C)[C@H]3CC[C@]12C. The molecule has 0 radical (unpaired) electrons. The van der Waals surface area contributed by atoms with Gasteiger partial charge in [0.15, 0.2) is 5.78 Å². The predicted octanol–water partition coefficient (Wildman–Crippen LogP) is 10.2. The van der Waals surface area contributed by atoms with Gasteiger partial charge in [0.2, 0.25) is 0 Å². The van der Waals surface area contributed by atoms with Gasteiger partial charge in [0, 0.05) is 18.3 Å². The minimum absolute atomic E-state index is 0.0336. The second-order valence-electron chi connectivity index (χ2n) is 14.0. The molecule has 40 heavy (non-hydrogen) atoms. The van der Waals surface area contributed by atoms with Crippen LogP contribution in [0.4, 0.5) is 0 Å². The summed E-state index contributed by atoms with van der Waals surface area (Å²) in [6.07, 6.45) is 33.8. The Labute approximate surface area is 245 Å². The molecule has 3 saturated carbocycles. The quantitative estimate of drug-likeness (QED) is 0.116. The summed E-state index contributed by atoms with van der Waals surface area (Å²) >= 11 is 0. The van der Waals surface area contributed by atoms with Crippen LogP contribution in [-0.2, 0) is 14.3 Å². The van der Waals surface area contributed by atoms with Crippen molar-refractivity contribution in [3.63, 3.8) is 0 Å². The van der Waals surface area contributed by atoms with Gasteiger partial charge in [-0.15, -0.1) is 0 Å². The van der Waals surface area contributed by atoms with Crippen LogP contribution in [-0.4, -0.2) is 17.9 Å². The predicted molar refractivity (Wildman–Crippen MR) is 166 cm³/mol. The largest absolute Gasteiger partial charge is 0.462 e. The fourth-order valence-electron chi connectivity index (χ4n) is 9.00. The van der Waals surface area contributed by atoms with Crippen molar-refractivity contribution in [2.45, 2.75) is 155 Å². The minimum atomic E-state index is 0.0336. The summed E-state index contributed by atoms with van der Waals surface area (Å²) < 4.78 is 6.22. The summed E-state index contributed by atoms with van der Waals surface area (Å²) in [6.45, 7) is 7.13. The minimum Gasteiger partial charge on any atom is -0.462 e. The molecule has 0 aromatic carbocycles. The summed E-state index contributed by atoms with van der Waals surface area (Å²) in [7, 11) is 0. The van der Waals surface area contributed by atoms with E-state index in [1.165, 1.54) is 76.2 Å². The maximum absolute atomic E-state index is 12.8. The molecule has 0 aliphatic heterocycles. The zero-order chi connectivity index (χ0) is 28.4. The zero-order valence-corrected chi connectivity index (χ0v) is 26.1. The van der Waals surface area contributed by atoms with E-state index in [9.17, 15) is 9.59 Å². The van der Waals surface area contributed by atoms with Crippen LogP contribution in [0, 0.1) is 28.6 Å². The van der Waals surface area contributed by atoms with Crippen molar-refractivity contribution in [1.82, 2.24) is 0 Å². The lowest BCUT2D eigenvalue weighted by Gasteiger charge is -2.57. The first-order valence-electron chi connectivity index (χ1n) is 17.1. The number of esters is 1. The summed E-state index contributed by atoms with van der Waals surface area (Å²) in [5, 5.41) is 0. The van der Waals surface area contributed by atoms with Crippen LogP contribution in [0.3, 0.4) is 0 Å². The Morgan fingerprint density at radius 1 is 0.850 bits per heavy atom. The van der Waals surface area contributed by atoms with Crippen molar-refractivity contribution in [3.05, 3.63) is 36.0 Å². The smallest absolute Gasteiger partial charge is 0.306 e. The maximum atomic E-state index is 12.8. The lowest BCUT2D eigenvalue weighted by molar-refractivity contribution is -0.160. The highest BCUT2D eigenvalue weighted by Gasteiger charge is 2.59. The fourth-order valence-corrected chi connectivity index (χ4v) is 9.00. The van der Waals surface area contributed by atoms with E-state index in [4.69, 9.17) is 4.74 Å². The van der Waals surface area contributed by atoms with Crippen LogP contribution in [0.5, 0.6) is 0 Å². The second kappa shape index (κ2) is 15.0. The third kappa shape index (κ3) is 7.60. The highest BCUT2D eigenvalue weighted by molar-refractivity contribution is 5.91. The number of hydrogen-bond acceptors (Lipinski definition) is 3. The number of carbonyl (C=O) groups is 2. The van der Waals surface area contributed by atoms with Gasteiger partial charge in [-0.05, 0) is 113 Å². The van der Waals surface area contributed by atoms with Crippen LogP contribution in [0.1, 0.15) is 149 Å². The third-order valence-electron chi connectivity index (χ3n) is 11.5. The molecule has 224 valence electrons. The van der Waals surface area contributed by atoms with Gasteiger partial charge < -0.3 is 4.74 Å². The average molecular weight is 551 g/mol. The van der Waals surface area contributed by atoms with Gasteiger partial charge in [-0.2, -0.15) is 0 Å². The average Bonchev–Trinajstić information content (AvgIpc) is 3.27. The summed E-state index contributed by atoms with van der Waals surface area (Å²) in [5.74, 6) is 2.45. The molecule has 3 nitrogen and oxygen atoms in total. The first-order chi connectivity index (χ1) is 19.4. The Morgan fingerprint density at radius 2 is 1.57 bits per heavy atom. The van der Waals surface area contributed by atoms with Crippen LogP contribution < -0.4 is 0 Å². The molecule has 4 rings (SSSR count). The lowest BCUT2D eigenvalue weighted by Crippen LogP contribution is -2.51. The first-order valence-corrected chi connectivity index (χ1v) is 17.1. The first kappa shape index (κ1) is 31.3. The molecule has 0 heterocycles. The zero-order valence-electron chi connectivity index (χ0n) is 26.1. The van der Waals surface area contributed by atoms with Gasteiger partial charge in [0.1, 0.15) is 6.10 Å². The molecule has 0 spiro atoms. The number of ketones is 1. The van der Waals surface area contributed by atoms with E-state index in [0.29, 0.717) is 24.0 Å². The summed E-state index contributed by atoms with van der Waals surface area (Å²) in [6, 6.07) is 0. The molecular weight excluding hydrogens is 492 g/mol. The molecule has 4 aliphatic carbocycles. The molecule has 0 saturated heterocycles. The van der Waals surface area contributed by atoms with Crippen molar-refractivity contribution in [1.29, 1.82) is 0 Å². The van der Waals surface area contributed by atoms with E-state index in [1.54, 1.807) is 0 Å². The number of rotatable bonds is 15. The van der Waals surface area contributed by atoms with Crippen LogP contribution in [0.25, 0.3) is 0 Å². The molecule has 0 N–H and O–H groups in total. The molecule has 0 aromatic heterocycles. The van der Waals surface area contributed by atoms with E-state index in [0.717, 1.165) is 57.3 Å². The van der Waals surface area contributed by atoms with Gasteiger partial charge >= 0.3 is 5.97 Å². The number of hydrogen-bond donors (Lipinski definition) is 0. The van der Waals surface area contributed by atoms with Gasteiger partial charge in [-0.25, -0.2) is 0 Å². The van der Waals surface area contributed by atoms with Crippen molar-refractivity contribution in [2.75, 3.05) is 0 Å². The van der Waals surface area contributed by atoms with E-state index >= 15 is 0 Å². The topological polar surface area (TPSA) is 43.4 Å². The van der Waals surface area contributed by atoms with Gasteiger partial charge in [0.25, 0.3) is 0 Å². The highest BCUT2D eigenvalue weighted by Crippen LogP contribution is 2.65. The van der Waals surface area contributed by atoms with Crippen LogP contribution in [0.2, 0.25) is 0 Å². The lowest BCUT2D eigenvalue weighted by atomic mass is 9.47. The summed E-state index contributed by atoms with van der Waals surface area (Å²) in [4.78, 5) is 24.9. The van der Waals surface area contributed by atoms with Crippen molar-refractivity contribution >= 4 is 11.8 Å². The molecule has 3 heteroatoms. The van der Waals surface area contributed by atoms with Crippen molar-refractivity contribution in [3.8, 4) is 0 Å². The molecule has 6 atom stereocenters.